The van der Waals surface area contributed by atoms with Gasteiger partial charge in [-0.25, -0.2) is 9.59 Å². The molecule has 0 saturated heterocycles. The molecule has 4 unspecified atom stereocenters. The minimum atomic E-state index is -1.18. The number of rotatable bonds is 13. The first-order chi connectivity index (χ1) is 18.0. The number of hydrogen-bond acceptors (Lipinski definition) is 7. The summed E-state index contributed by atoms with van der Waals surface area (Å²) in [5.74, 6) is -1.43. The zero-order valence-corrected chi connectivity index (χ0v) is 26.3. The van der Waals surface area contributed by atoms with Gasteiger partial charge in [0.2, 0.25) is 0 Å². The van der Waals surface area contributed by atoms with E-state index in [1.165, 1.54) is 19.2 Å². The Kier molecular flexibility index (Phi) is 16.2. The van der Waals surface area contributed by atoms with Crippen LogP contribution in [-0.2, 0) is 19.0 Å². The van der Waals surface area contributed by atoms with Crippen molar-refractivity contribution in [1.29, 1.82) is 0 Å². The number of hydrogen-bond donors (Lipinski definition) is 1. The average Bonchev–Trinajstić information content (AvgIpc) is 2.84. The van der Waals surface area contributed by atoms with Crippen LogP contribution in [0.15, 0.2) is 24.3 Å². The number of carbonyl (C=O) groups excluding carboxylic acids is 3. The van der Waals surface area contributed by atoms with Gasteiger partial charge in [0.05, 0.1) is 24.2 Å². The van der Waals surface area contributed by atoms with Crippen molar-refractivity contribution in [2.75, 3.05) is 20.3 Å². The predicted octanol–water partition coefficient (Wildman–Crippen LogP) is 7.10. The smallest absolute Gasteiger partial charge is 0.339 e. The van der Waals surface area contributed by atoms with Gasteiger partial charge in [-0.1, -0.05) is 81.4 Å². The highest BCUT2D eigenvalue weighted by Crippen LogP contribution is 2.34. The molecule has 1 aromatic carbocycles. The second-order valence-electron chi connectivity index (χ2n) is 12.7. The number of carbonyl (C=O) groups is 3. The number of esters is 3. The molecule has 1 rings (SSSR count). The summed E-state index contributed by atoms with van der Waals surface area (Å²) in [5, 5.41) is 10.3. The van der Waals surface area contributed by atoms with Crippen molar-refractivity contribution in [3.05, 3.63) is 35.4 Å². The summed E-state index contributed by atoms with van der Waals surface area (Å²) in [6.07, 6.45) is 2.41. The zero-order valence-electron chi connectivity index (χ0n) is 26.3. The summed E-state index contributed by atoms with van der Waals surface area (Å²) in [4.78, 5) is 37.4. The Hall–Kier alpha value is -2.41. The van der Waals surface area contributed by atoms with Crippen LogP contribution in [-0.4, -0.2) is 49.4 Å². The van der Waals surface area contributed by atoms with Gasteiger partial charge in [-0.3, -0.25) is 4.79 Å². The molecule has 0 spiro atoms. The molecule has 0 aliphatic carbocycles. The van der Waals surface area contributed by atoms with Crippen LogP contribution < -0.4 is 0 Å². The van der Waals surface area contributed by atoms with E-state index < -0.39 is 18.0 Å². The molecular weight excluding hydrogens is 496 g/mol. The Bertz CT molecular complexity index is 879. The summed E-state index contributed by atoms with van der Waals surface area (Å²) in [6, 6.07) is 6.12. The Labute approximate surface area is 237 Å². The monoisotopic (exact) mass is 550 g/mol. The fourth-order valence-corrected chi connectivity index (χ4v) is 4.89. The summed E-state index contributed by atoms with van der Waals surface area (Å²) < 4.78 is 15.4. The maximum Gasteiger partial charge on any atom is 0.339 e. The lowest BCUT2D eigenvalue weighted by atomic mass is 9.76. The minimum absolute atomic E-state index is 0.0407. The van der Waals surface area contributed by atoms with Gasteiger partial charge in [-0.2, -0.15) is 0 Å². The molecule has 0 fully saturated rings. The van der Waals surface area contributed by atoms with E-state index in [-0.39, 0.29) is 53.0 Å². The third-order valence-electron chi connectivity index (χ3n) is 6.23. The third-order valence-corrected chi connectivity index (χ3v) is 6.23. The van der Waals surface area contributed by atoms with Gasteiger partial charge in [0.15, 0.2) is 0 Å². The Balaban J connectivity index is 0.00000704. The lowest BCUT2D eigenvalue weighted by Gasteiger charge is -2.30. The van der Waals surface area contributed by atoms with E-state index in [4.69, 9.17) is 14.2 Å². The standard InChI is InChI=1S/C30H48O7.C2H6/c1-20(16-29(3,4)5)14-15-23(21(2)17-30(6,7)8)27(33)36-18-22(31)19-37-28(34)25-13-11-10-12-24(25)26(32)35-9;1-2/h10-13,20-23,31H,14-19H2,1-9H3;1-2H3. The molecule has 4 atom stereocenters. The van der Waals surface area contributed by atoms with Crippen molar-refractivity contribution in [1.82, 2.24) is 0 Å². The highest BCUT2D eigenvalue weighted by Gasteiger charge is 2.31. The van der Waals surface area contributed by atoms with E-state index in [1.54, 1.807) is 12.1 Å². The Morgan fingerprint density at radius 3 is 1.77 bits per heavy atom. The summed E-state index contributed by atoms with van der Waals surface area (Å²) in [5.41, 5.74) is 0.417. The van der Waals surface area contributed by atoms with Crippen LogP contribution in [0.25, 0.3) is 0 Å². The molecule has 0 radical (unpaired) electrons. The van der Waals surface area contributed by atoms with Crippen molar-refractivity contribution < 1.29 is 33.7 Å². The number of ether oxygens (including phenoxy) is 3. The van der Waals surface area contributed by atoms with Crippen LogP contribution in [0, 0.1) is 28.6 Å². The fourth-order valence-electron chi connectivity index (χ4n) is 4.89. The normalized spacial score (nSPS) is 14.7. The molecule has 0 bridgehead atoms. The summed E-state index contributed by atoms with van der Waals surface area (Å²) in [7, 11) is 1.23. The Morgan fingerprint density at radius 1 is 0.795 bits per heavy atom. The summed E-state index contributed by atoms with van der Waals surface area (Å²) in [6.45, 7) is 20.8. The molecule has 0 aromatic heterocycles. The van der Waals surface area contributed by atoms with Crippen molar-refractivity contribution in [2.45, 2.75) is 101 Å². The topological polar surface area (TPSA) is 99.1 Å². The molecule has 39 heavy (non-hydrogen) atoms. The average molecular weight is 551 g/mol. The molecule has 0 aliphatic rings. The first kappa shape index (κ1) is 36.6. The molecule has 0 amide bonds. The van der Waals surface area contributed by atoms with Gasteiger partial charge >= 0.3 is 17.9 Å². The molecule has 1 N–H and O–H groups in total. The van der Waals surface area contributed by atoms with Crippen LogP contribution in [0.4, 0.5) is 0 Å². The number of aliphatic hydroxyl groups is 1. The van der Waals surface area contributed by atoms with Crippen LogP contribution >= 0.6 is 0 Å². The van der Waals surface area contributed by atoms with E-state index in [9.17, 15) is 19.5 Å². The molecule has 7 nitrogen and oxygen atoms in total. The van der Waals surface area contributed by atoms with Crippen LogP contribution in [0.2, 0.25) is 0 Å². The number of benzene rings is 1. The van der Waals surface area contributed by atoms with E-state index >= 15 is 0 Å². The lowest BCUT2D eigenvalue weighted by Crippen LogP contribution is -2.31. The van der Waals surface area contributed by atoms with Gasteiger partial charge in [-0.05, 0) is 60.5 Å². The van der Waals surface area contributed by atoms with Crippen LogP contribution in [0.5, 0.6) is 0 Å². The van der Waals surface area contributed by atoms with Gasteiger partial charge in [0.1, 0.15) is 19.3 Å². The van der Waals surface area contributed by atoms with Crippen molar-refractivity contribution in [3.8, 4) is 0 Å². The molecule has 224 valence electrons. The molecule has 7 heteroatoms. The number of methoxy groups -OCH3 is 1. The van der Waals surface area contributed by atoms with Crippen molar-refractivity contribution in [3.63, 3.8) is 0 Å². The minimum Gasteiger partial charge on any atom is -0.465 e. The van der Waals surface area contributed by atoms with Gasteiger partial charge < -0.3 is 19.3 Å². The molecule has 0 heterocycles. The lowest BCUT2D eigenvalue weighted by molar-refractivity contribution is -0.154. The predicted molar refractivity (Wildman–Crippen MR) is 156 cm³/mol. The second kappa shape index (κ2) is 17.3. The zero-order chi connectivity index (χ0) is 30.4. The highest BCUT2D eigenvalue weighted by atomic mass is 16.6. The molecule has 0 aliphatic heterocycles. The quantitative estimate of drug-likeness (QED) is 0.206. The molecule has 0 saturated carbocycles. The van der Waals surface area contributed by atoms with E-state index in [1.807, 2.05) is 13.8 Å². The SMILES string of the molecule is CC.COC(=O)c1ccccc1C(=O)OCC(O)COC(=O)C(CCC(C)CC(C)(C)C)C(C)CC(C)(C)C. The maximum absolute atomic E-state index is 13.1. The highest BCUT2D eigenvalue weighted by molar-refractivity contribution is 6.03. The second-order valence-corrected chi connectivity index (χ2v) is 12.7. The first-order valence-electron chi connectivity index (χ1n) is 14.2. The van der Waals surface area contributed by atoms with Crippen LogP contribution in [0.3, 0.4) is 0 Å². The fraction of sp³-hybridized carbons (Fsp3) is 0.719. The summed E-state index contributed by atoms with van der Waals surface area (Å²) >= 11 is 0. The van der Waals surface area contributed by atoms with Crippen LogP contribution in [0.1, 0.15) is 116 Å². The van der Waals surface area contributed by atoms with Gasteiger partial charge in [0.25, 0.3) is 0 Å². The third kappa shape index (κ3) is 15.1. The largest absolute Gasteiger partial charge is 0.465 e. The van der Waals surface area contributed by atoms with Crippen molar-refractivity contribution in [2.24, 2.45) is 28.6 Å². The van der Waals surface area contributed by atoms with E-state index in [0.29, 0.717) is 5.92 Å². The Morgan fingerprint density at radius 2 is 1.28 bits per heavy atom. The maximum atomic E-state index is 13.1. The number of aliphatic hydroxyl groups excluding tert-OH is 1. The van der Waals surface area contributed by atoms with E-state index in [0.717, 1.165) is 25.7 Å². The first-order valence-corrected chi connectivity index (χ1v) is 14.2. The van der Waals surface area contributed by atoms with Crippen molar-refractivity contribution >= 4 is 17.9 Å². The molecular formula is C32H54O7. The van der Waals surface area contributed by atoms with E-state index in [2.05, 4.69) is 55.4 Å². The van der Waals surface area contributed by atoms with Gasteiger partial charge in [-0.15, -0.1) is 0 Å². The molecule has 1 aromatic rings. The van der Waals surface area contributed by atoms with Gasteiger partial charge in [0, 0.05) is 0 Å².